The van der Waals surface area contributed by atoms with E-state index in [1.165, 1.54) is 30.7 Å². The predicted octanol–water partition coefficient (Wildman–Crippen LogP) is 2.81. The molecule has 0 unspecified atom stereocenters. The van der Waals surface area contributed by atoms with Gasteiger partial charge in [0, 0.05) is 11.8 Å². The predicted molar refractivity (Wildman–Crippen MR) is 76.3 cm³/mol. The maximum Gasteiger partial charge on any atom is 0.416 e. The first kappa shape index (κ1) is 14.9. The third kappa shape index (κ3) is 2.83. The van der Waals surface area contributed by atoms with Gasteiger partial charge in [0.05, 0.1) is 18.0 Å². The lowest BCUT2D eigenvalue weighted by Crippen LogP contribution is -2.13. The van der Waals surface area contributed by atoms with Crippen molar-refractivity contribution in [3.05, 3.63) is 54.1 Å². The van der Waals surface area contributed by atoms with E-state index < -0.39 is 17.6 Å². The topological polar surface area (TPSA) is 81.8 Å². The zero-order valence-corrected chi connectivity index (χ0v) is 11.5. The highest BCUT2D eigenvalue weighted by atomic mass is 19.4. The molecule has 3 aromatic rings. The summed E-state index contributed by atoms with van der Waals surface area (Å²) < 4.78 is 38.6. The van der Waals surface area contributed by atoms with Crippen molar-refractivity contribution in [2.45, 2.75) is 6.18 Å². The highest BCUT2D eigenvalue weighted by Crippen LogP contribution is 2.33. The van der Waals surface area contributed by atoms with E-state index in [9.17, 15) is 18.0 Å². The van der Waals surface area contributed by atoms with E-state index in [0.29, 0.717) is 11.1 Å². The number of pyridine rings is 1. The third-order valence-electron chi connectivity index (χ3n) is 3.21. The highest BCUT2D eigenvalue weighted by molar-refractivity contribution is 5.96. The Kier molecular flexibility index (Phi) is 3.44. The van der Waals surface area contributed by atoms with Crippen molar-refractivity contribution in [1.29, 1.82) is 0 Å². The minimum atomic E-state index is -4.46. The largest absolute Gasteiger partial charge is 0.416 e. The van der Waals surface area contributed by atoms with Crippen LogP contribution < -0.4 is 5.73 Å². The van der Waals surface area contributed by atoms with Gasteiger partial charge in [0.25, 0.3) is 5.91 Å². The SMILES string of the molecule is NC(=O)c1cnc2cncc(-c3cccc(C(F)(F)F)c3)c2n1. The number of rotatable bonds is 2. The van der Waals surface area contributed by atoms with Gasteiger partial charge >= 0.3 is 6.18 Å². The zero-order chi connectivity index (χ0) is 16.6. The summed E-state index contributed by atoms with van der Waals surface area (Å²) in [5, 5.41) is 0. The van der Waals surface area contributed by atoms with Gasteiger partial charge in [0.2, 0.25) is 0 Å². The highest BCUT2D eigenvalue weighted by Gasteiger charge is 2.30. The Hall–Kier alpha value is -3.03. The van der Waals surface area contributed by atoms with Crippen molar-refractivity contribution in [3.8, 4) is 11.1 Å². The van der Waals surface area contributed by atoms with Crippen molar-refractivity contribution in [2.24, 2.45) is 5.73 Å². The molecule has 0 aliphatic rings. The summed E-state index contributed by atoms with van der Waals surface area (Å²) >= 11 is 0. The van der Waals surface area contributed by atoms with E-state index in [1.54, 1.807) is 0 Å². The summed E-state index contributed by atoms with van der Waals surface area (Å²) in [4.78, 5) is 23.3. The molecule has 8 heteroatoms. The number of hydrogen-bond donors (Lipinski definition) is 1. The molecule has 1 amide bonds. The van der Waals surface area contributed by atoms with Crippen LogP contribution in [0.25, 0.3) is 22.2 Å². The van der Waals surface area contributed by atoms with Crippen LogP contribution in [0.2, 0.25) is 0 Å². The summed E-state index contributed by atoms with van der Waals surface area (Å²) in [6.07, 6.45) is -0.484. The lowest BCUT2D eigenvalue weighted by Gasteiger charge is -2.10. The quantitative estimate of drug-likeness (QED) is 0.787. The summed E-state index contributed by atoms with van der Waals surface area (Å²) in [6.45, 7) is 0. The van der Waals surface area contributed by atoms with Gasteiger partial charge in [0.15, 0.2) is 0 Å². The van der Waals surface area contributed by atoms with Crippen LogP contribution in [0.4, 0.5) is 13.2 Å². The second-order valence-corrected chi connectivity index (χ2v) is 4.75. The van der Waals surface area contributed by atoms with Gasteiger partial charge in [-0.2, -0.15) is 13.2 Å². The van der Waals surface area contributed by atoms with Crippen molar-refractivity contribution in [2.75, 3.05) is 0 Å². The Balaban J connectivity index is 2.24. The fourth-order valence-electron chi connectivity index (χ4n) is 2.13. The summed E-state index contributed by atoms with van der Waals surface area (Å²) in [6, 6.07) is 4.77. The Labute approximate surface area is 128 Å². The molecule has 116 valence electrons. The fourth-order valence-corrected chi connectivity index (χ4v) is 2.13. The van der Waals surface area contributed by atoms with E-state index in [0.717, 1.165) is 12.1 Å². The first-order valence-corrected chi connectivity index (χ1v) is 6.44. The van der Waals surface area contributed by atoms with Crippen molar-refractivity contribution < 1.29 is 18.0 Å². The van der Waals surface area contributed by atoms with Crippen molar-refractivity contribution >= 4 is 16.9 Å². The molecule has 0 saturated heterocycles. The lowest BCUT2D eigenvalue weighted by molar-refractivity contribution is -0.137. The number of primary amides is 1. The number of aromatic nitrogens is 3. The van der Waals surface area contributed by atoms with Gasteiger partial charge in [-0.15, -0.1) is 0 Å². The molecule has 2 heterocycles. The van der Waals surface area contributed by atoms with E-state index in [4.69, 9.17) is 5.73 Å². The van der Waals surface area contributed by atoms with E-state index in [-0.39, 0.29) is 16.8 Å². The molecule has 23 heavy (non-hydrogen) atoms. The molecule has 1 aromatic carbocycles. The molecule has 0 aliphatic carbocycles. The summed E-state index contributed by atoms with van der Waals surface area (Å²) in [5.74, 6) is -0.772. The first-order chi connectivity index (χ1) is 10.9. The molecular formula is C15H9F3N4O. The molecular weight excluding hydrogens is 309 g/mol. The van der Waals surface area contributed by atoms with Gasteiger partial charge in [-0.1, -0.05) is 12.1 Å². The minimum absolute atomic E-state index is 0.0723. The Morgan fingerprint density at radius 3 is 2.61 bits per heavy atom. The van der Waals surface area contributed by atoms with Crippen LogP contribution in [-0.2, 0) is 6.18 Å². The van der Waals surface area contributed by atoms with Crippen LogP contribution in [-0.4, -0.2) is 20.9 Å². The van der Waals surface area contributed by atoms with Crippen LogP contribution in [0, 0.1) is 0 Å². The first-order valence-electron chi connectivity index (χ1n) is 6.44. The van der Waals surface area contributed by atoms with Crippen LogP contribution in [0.5, 0.6) is 0 Å². The van der Waals surface area contributed by atoms with Gasteiger partial charge < -0.3 is 5.73 Å². The maximum atomic E-state index is 12.9. The van der Waals surface area contributed by atoms with E-state index in [2.05, 4.69) is 15.0 Å². The smallest absolute Gasteiger partial charge is 0.364 e. The number of hydrogen-bond acceptors (Lipinski definition) is 4. The third-order valence-corrected chi connectivity index (χ3v) is 3.21. The van der Waals surface area contributed by atoms with Crippen LogP contribution in [0.3, 0.4) is 0 Å². The second-order valence-electron chi connectivity index (χ2n) is 4.75. The number of carbonyl (C=O) groups is 1. The number of nitrogens with zero attached hydrogens (tertiary/aromatic N) is 3. The fraction of sp³-hybridized carbons (Fsp3) is 0.0667. The van der Waals surface area contributed by atoms with Crippen molar-refractivity contribution in [1.82, 2.24) is 15.0 Å². The average Bonchev–Trinajstić information content (AvgIpc) is 2.53. The van der Waals surface area contributed by atoms with Crippen LogP contribution >= 0.6 is 0 Å². The second kappa shape index (κ2) is 5.31. The number of benzene rings is 1. The van der Waals surface area contributed by atoms with Crippen LogP contribution in [0.15, 0.2) is 42.9 Å². The number of nitrogens with two attached hydrogens (primary N) is 1. The molecule has 5 nitrogen and oxygen atoms in total. The van der Waals surface area contributed by atoms with E-state index in [1.807, 2.05) is 0 Å². The van der Waals surface area contributed by atoms with Gasteiger partial charge in [-0.3, -0.25) is 14.8 Å². The Morgan fingerprint density at radius 1 is 1.13 bits per heavy atom. The van der Waals surface area contributed by atoms with E-state index >= 15 is 0 Å². The monoisotopic (exact) mass is 318 g/mol. The zero-order valence-electron chi connectivity index (χ0n) is 11.5. The summed E-state index contributed by atoms with van der Waals surface area (Å²) in [7, 11) is 0. The minimum Gasteiger partial charge on any atom is -0.364 e. The van der Waals surface area contributed by atoms with Crippen LogP contribution in [0.1, 0.15) is 16.1 Å². The lowest BCUT2D eigenvalue weighted by atomic mass is 10.0. The number of carbonyl (C=O) groups excluding carboxylic acids is 1. The number of halogens is 3. The molecule has 0 fully saturated rings. The van der Waals surface area contributed by atoms with Gasteiger partial charge in [-0.25, -0.2) is 4.98 Å². The molecule has 0 atom stereocenters. The van der Waals surface area contributed by atoms with Gasteiger partial charge in [0.1, 0.15) is 16.7 Å². The summed E-state index contributed by atoms with van der Waals surface area (Å²) in [5.41, 5.74) is 5.53. The molecule has 0 bridgehead atoms. The molecule has 3 rings (SSSR count). The number of alkyl halides is 3. The Morgan fingerprint density at radius 2 is 1.91 bits per heavy atom. The van der Waals surface area contributed by atoms with Crippen molar-refractivity contribution in [3.63, 3.8) is 0 Å². The maximum absolute atomic E-state index is 12.9. The molecule has 2 aromatic heterocycles. The molecule has 2 N–H and O–H groups in total. The van der Waals surface area contributed by atoms with Gasteiger partial charge in [-0.05, 0) is 17.7 Å². The standard InChI is InChI=1S/C15H9F3N4O/c16-15(17,18)9-3-1-2-8(4-9)10-5-20-6-11-13(10)22-12(7-21-11)14(19)23/h1-7H,(H2,19,23). The number of fused-ring (bicyclic) bond motifs is 1. The average molecular weight is 318 g/mol. The Bertz CT molecular complexity index is 909. The molecule has 0 spiro atoms. The molecule has 0 saturated carbocycles. The molecule has 0 aliphatic heterocycles. The normalized spacial score (nSPS) is 11.6. The number of amides is 1. The molecule has 0 radical (unpaired) electrons.